The summed E-state index contributed by atoms with van der Waals surface area (Å²) < 4.78 is 0. The van der Waals surface area contributed by atoms with Gasteiger partial charge in [-0.3, -0.25) is 4.79 Å². The maximum Gasteiger partial charge on any atom is 0.279 e. The molecule has 80 valence electrons. The molecule has 2 nitrogen and oxygen atoms in total. The van der Waals surface area contributed by atoms with Crippen LogP contribution >= 0.6 is 12.6 Å². The monoisotopic (exact) mass is 213 g/mol. The van der Waals surface area contributed by atoms with Crippen LogP contribution in [0.4, 0.5) is 4.79 Å². The number of rotatable bonds is 2. The Hall–Kier alpha value is -0.180. The van der Waals surface area contributed by atoms with Crippen molar-refractivity contribution in [2.24, 2.45) is 0 Å². The van der Waals surface area contributed by atoms with Gasteiger partial charge in [0.15, 0.2) is 0 Å². The van der Waals surface area contributed by atoms with Gasteiger partial charge in [0.05, 0.1) is 0 Å². The maximum absolute atomic E-state index is 11.5. The zero-order valence-corrected chi connectivity index (χ0v) is 9.51. The molecule has 2 rings (SSSR count). The van der Waals surface area contributed by atoms with E-state index in [2.05, 4.69) is 17.5 Å². The fourth-order valence-electron chi connectivity index (χ4n) is 2.98. The molecule has 2 aliphatic carbocycles. The van der Waals surface area contributed by atoms with E-state index in [4.69, 9.17) is 0 Å². The first-order valence-electron chi connectivity index (χ1n) is 5.80. The first kappa shape index (κ1) is 10.3. The normalized spacial score (nSPS) is 24.4. The topological polar surface area (TPSA) is 20.3 Å². The van der Waals surface area contributed by atoms with E-state index >= 15 is 0 Å². The second kappa shape index (κ2) is 4.56. The molecular formula is C11H19NOS. The Labute approximate surface area is 91.5 Å². The first-order chi connectivity index (χ1) is 6.79. The van der Waals surface area contributed by atoms with Crippen molar-refractivity contribution in [1.82, 2.24) is 4.90 Å². The van der Waals surface area contributed by atoms with Crippen LogP contribution in [0, 0.1) is 0 Å². The van der Waals surface area contributed by atoms with E-state index in [-0.39, 0.29) is 5.24 Å². The summed E-state index contributed by atoms with van der Waals surface area (Å²) in [5, 5.41) is 0.00352. The molecule has 0 heterocycles. The fraction of sp³-hybridized carbons (Fsp3) is 0.909. The number of carbonyl (C=O) groups is 1. The van der Waals surface area contributed by atoms with E-state index in [1.54, 1.807) is 0 Å². The van der Waals surface area contributed by atoms with Crippen molar-refractivity contribution in [3.63, 3.8) is 0 Å². The van der Waals surface area contributed by atoms with Gasteiger partial charge in [-0.25, -0.2) is 0 Å². The lowest BCUT2D eigenvalue weighted by Gasteiger charge is -2.33. The Kier molecular flexibility index (Phi) is 3.37. The highest BCUT2D eigenvalue weighted by molar-refractivity contribution is 7.96. The van der Waals surface area contributed by atoms with Crippen LogP contribution in [0.25, 0.3) is 0 Å². The Morgan fingerprint density at radius 2 is 1.29 bits per heavy atom. The predicted molar refractivity (Wildman–Crippen MR) is 60.7 cm³/mol. The third-order valence-corrected chi connectivity index (χ3v) is 3.89. The molecule has 0 bridgehead atoms. The van der Waals surface area contributed by atoms with Gasteiger partial charge in [-0.1, -0.05) is 38.3 Å². The molecule has 0 saturated heterocycles. The van der Waals surface area contributed by atoms with Crippen LogP contribution < -0.4 is 0 Å². The van der Waals surface area contributed by atoms with Crippen molar-refractivity contribution in [3.8, 4) is 0 Å². The van der Waals surface area contributed by atoms with E-state index in [1.165, 1.54) is 51.4 Å². The molecule has 1 amide bonds. The number of hydrogen-bond donors (Lipinski definition) is 1. The molecule has 0 aromatic carbocycles. The molecule has 0 aromatic heterocycles. The van der Waals surface area contributed by atoms with Crippen molar-refractivity contribution in [3.05, 3.63) is 0 Å². The summed E-state index contributed by atoms with van der Waals surface area (Å²) in [5.74, 6) is 0. The molecule has 0 spiro atoms. The summed E-state index contributed by atoms with van der Waals surface area (Å²) in [6.07, 6.45) is 9.94. The van der Waals surface area contributed by atoms with Crippen molar-refractivity contribution in [1.29, 1.82) is 0 Å². The minimum absolute atomic E-state index is 0.00352. The Morgan fingerprint density at radius 1 is 0.929 bits per heavy atom. The summed E-state index contributed by atoms with van der Waals surface area (Å²) in [6.45, 7) is 0. The smallest absolute Gasteiger partial charge is 0.279 e. The van der Waals surface area contributed by atoms with E-state index in [0.29, 0.717) is 12.1 Å². The molecule has 0 atom stereocenters. The molecule has 0 unspecified atom stereocenters. The molecule has 14 heavy (non-hydrogen) atoms. The van der Waals surface area contributed by atoms with Crippen LogP contribution in [0.15, 0.2) is 0 Å². The van der Waals surface area contributed by atoms with Gasteiger partial charge in [-0.15, -0.1) is 0 Å². The molecule has 0 aromatic rings. The zero-order valence-electron chi connectivity index (χ0n) is 8.61. The van der Waals surface area contributed by atoms with Crippen LogP contribution in [0.5, 0.6) is 0 Å². The van der Waals surface area contributed by atoms with Gasteiger partial charge >= 0.3 is 0 Å². The summed E-state index contributed by atoms with van der Waals surface area (Å²) in [6, 6.07) is 1.01. The number of thiol groups is 1. The number of carbonyl (C=O) groups excluding carboxylic acids is 1. The van der Waals surface area contributed by atoms with Gasteiger partial charge in [0, 0.05) is 12.1 Å². The van der Waals surface area contributed by atoms with Crippen molar-refractivity contribution in [2.45, 2.75) is 63.5 Å². The quantitative estimate of drug-likeness (QED) is 0.698. The minimum Gasteiger partial charge on any atom is -0.328 e. The van der Waals surface area contributed by atoms with Gasteiger partial charge in [0.1, 0.15) is 0 Å². The maximum atomic E-state index is 11.5. The second-order valence-electron chi connectivity index (χ2n) is 4.57. The molecule has 0 N–H and O–H groups in total. The third kappa shape index (κ3) is 2.08. The largest absolute Gasteiger partial charge is 0.328 e. The average Bonchev–Trinajstić information content (AvgIpc) is 2.75. The van der Waals surface area contributed by atoms with Crippen LogP contribution in [-0.4, -0.2) is 22.2 Å². The highest BCUT2D eigenvalue weighted by atomic mass is 32.1. The van der Waals surface area contributed by atoms with Crippen molar-refractivity contribution < 1.29 is 4.79 Å². The lowest BCUT2D eigenvalue weighted by atomic mass is 10.1. The van der Waals surface area contributed by atoms with Crippen LogP contribution in [-0.2, 0) is 0 Å². The van der Waals surface area contributed by atoms with Gasteiger partial charge in [0.25, 0.3) is 5.24 Å². The van der Waals surface area contributed by atoms with E-state index in [1.807, 2.05) is 0 Å². The highest BCUT2D eigenvalue weighted by Gasteiger charge is 2.32. The van der Waals surface area contributed by atoms with E-state index < -0.39 is 0 Å². The molecule has 3 heteroatoms. The number of hydrogen-bond acceptors (Lipinski definition) is 1. The summed E-state index contributed by atoms with van der Waals surface area (Å²) in [7, 11) is 0. The first-order valence-corrected chi connectivity index (χ1v) is 6.25. The fourth-order valence-corrected chi connectivity index (χ4v) is 3.30. The van der Waals surface area contributed by atoms with Crippen LogP contribution in [0.1, 0.15) is 51.4 Å². The van der Waals surface area contributed by atoms with Crippen LogP contribution in [0.3, 0.4) is 0 Å². The summed E-state index contributed by atoms with van der Waals surface area (Å²) >= 11 is 4.03. The standard InChI is InChI=1S/C11H19NOS/c13-11(14)12(9-5-1-2-6-9)10-7-3-4-8-10/h9-10H,1-8H2,(H,13,14). The molecule has 2 aliphatic rings. The molecule has 2 fully saturated rings. The average molecular weight is 213 g/mol. The lowest BCUT2D eigenvalue weighted by molar-refractivity contribution is 0.168. The molecule has 0 aliphatic heterocycles. The van der Waals surface area contributed by atoms with Crippen LogP contribution in [0.2, 0.25) is 0 Å². The molecule has 0 radical (unpaired) electrons. The SMILES string of the molecule is O=C(S)N(C1CCCC1)C1CCCC1. The summed E-state index contributed by atoms with van der Waals surface area (Å²) in [5.41, 5.74) is 0. The zero-order chi connectivity index (χ0) is 9.97. The Balaban J connectivity index is 2.02. The van der Waals surface area contributed by atoms with Gasteiger partial charge in [0.2, 0.25) is 0 Å². The highest BCUT2D eigenvalue weighted by Crippen LogP contribution is 2.32. The number of amides is 1. The second-order valence-corrected chi connectivity index (χ2v) is 4.95. The van der Waals surface area contributed by atoms with Crippen molar-refractivity contribution >= 4 is 17.9 Å². The Bertz CT molecular complexity index is 191. The van der Waals surface area contributed by atoms with Crippen molar-refractivity contribution in [2.75, 3.05) is 0 Å². The van der Waals surface area contributed by atoms with E-state index in [0.717, 1.165) is 0 Å². The summed E-state index contributed by atoms with van der Waals surface area (Å²) in [4.78, 5) is 13.6. The van der Waals surface area contributed by atoms with Gasteiger partial charge in [-0.2, -0.15) is 0 Å². The number of nitrogens with zero attached hydrogens (tertiary/aromatic N) is 1. The third-order valence-electron chi connectivity index (χ3n) is 3.66. The lowest BCUT2D eigenvalue weighted by Crippen LogP contribution is -2.42. The minimum atomic E-state index is 0.00352. The Morgan fingerprint density at radius 3 is 1.57 bits per heavy atom. The molecular weight excluding hydrogens is 194 g/mol. The van der Waals surface area contributed by atoms with Gasteiger partial charge in [-0.05, 0) is 25.7 Å². The van der Waals surface area contributed by atoms with E-state index in [9.17, 15) is 4.79 Å². The van der Waals surface area contributed by atoms with Gasteiger partial charge < -0.3 is 4.90 Å². The molecule has 2 saturated carbocycles. The predicted octanol–water partition coefficient (Wildman–Crippen LogP) is 3.22.